The van der Waals surface area contributed by atoms with E-state index in [2.05, 4.69) is 37.2 Å². The molecule has 1 N–H and O–H groups in total. The molecule has 0 spiro atoms. The minimum atomic E-state index is -0.111. The lowest BCUT2D eigenvalue weighted by Crippen LogP contribution is -2.46. The quantitative estimate of drug-likeness (QED) is 0.166. The summed E-state index contributed by atoms with van der Waals surface area (Å²) < 4.78 is 0. The SMILES string of the molecule is O=C(NCc1ccncc1)c1ccc(CSc2nc(Cl)cc(N3CCN(c4ccc(Cl)cc4)CC3)n2)cc1. The molecular weight excluding hydrogens is 539 g/mol. The Morgan fingerprint density at radius 3 is 2.24 bits per heavy atom. The second kappa shape index (κ2) is 12.5. The largest absolute Gasteiger partial charge is 0.368 e. The summed E-state index contributed by atoms with van der Waals surface area (Å²) in [6.07, 6.45) is 3.42. The van der Waals surface area contributed by atoms with Crippen LogP contribution in [0.15, 0.2) is 84.3 Å². The van der Waals surface area contributed by atoms with E-state index in [1.54, 1.807) is 12.4 Å². The molecule has 3 heterocycles. The van der Waals surface area contributed by atoms with Crippen molar-refractivity contribution in [1.29, 1.82) is 0 Å². The van der Waals surface area contributed by atoms with E-state index in [1.807, 2.05) is 54.6 Å². The van der Waals surface area contributed by atoms with Crippen LogP contribution in [0.3, 0.4) is 0 Å². The van der Waals surface area contributed by atoms with Gasteiger partial charge in [-0.2, -0.15) is 0 Å². The fourth-order valence-electron chi connectivity index (χ4n) is 4.14. The first-order valence-corrected chi connectivity index (χ1v) is 14.0. The molecule has 0 radical (unpaired) electrons. The first kappa shape index (κ1) is 26.3. The number of nitrogens with zero attached hydrogens (tertiary/aromatic N) is 5. The highest BCUT2D eigenvalue weighted by Crippen LogP contribution is 2.26. The molecule has 0 unspecified atom stereocenters. The smallest absolute Gasteiger partial charge is 0.251 e. The normalized spacial score (nSPS) is 13.4. The van der Waals surface area contributed by atoms with Crippen LogP contribution in [0.4, 0.5) is 11.5 Å². The van der Waals surface area contributed by atoms with Gasteiger partial charge in [-0.25, -0.2) is 9.97 Å². The Kier molecular flexibility index (Phi) is 8.63. The second-order valence-corrected chi connectivity index (χ2v) is 10.6. The molecule has 4 aromatic rings. The van der Waals surface area contributed by atoms with E-state index in [4.69, 9.17) is 28.2 Å². The van der Waals surface area contributed by atoms with Crippen molar-refractivity contribution in [3.8, 4) is 0 Å². The number of aromatic nitrogens is 3. The van der Waals surface area contributed by atoms with E-state index in [-0.39, 0.29) is 5.91 Å². The topological polar surface area (TPSA) is 74.2 Å². The van der Waals surface area contributed by atoms with Crippen molar-refractivity contribution < 1.29 is 4.79 Å². The molecule has 7 nitrogen and oxygen atoms in total. The Bertz CT molecular complexity index is 1360. The van der Waals surface area contributed by atoms with Gasteiger partial charge in [0.1, 0.15) is 11.0 Å². The molecule has 1 fully saturated rings. The highest BCUT2D eigenvalue weighted by molar-refractivity contribution is 7.98. The van der Waals surface area contributed by atoms with Crippen molar-refractivity contribution in [2.45, 2.75) is 17.5 Å². The van der Waals surface area contributed by atoms with Gasteiger partial charge in [0.05, 0.1) is 0 Å². The summed E-state index contributed by atoms with van der Waals surface area (Å²) in [6, 6.07) is 21.1. The molecular formula is C28H26Cl2N6OS. The zero-order valence-electron chi connectivity index (χ0n) is 20.6. The van der Waals surface area contributed by atoms with E-state index in [1.165, 1.54) is 17.4 Å². The summed E-state index contributed by atoms with van der Waals surface area (Å²) in [4.78, 5) is 30.2. The summed E-state index contributed by atoms with van der Waals surface area (Å²) in [5.74, 6) is 1.40. The number of piperazine rings is 1. The van der Waals surface area contributed by atoms with Crippen molar-refractivity contribution in [1.82, 2.24) is 20.3 Å². The van der Waals surface area contributed by atoms with Crippen LogP contribution in [-0.2, 0) is 12.3 Å². The second-order valence-electron chi connectivity index (χ2n) is 8.81. The maximum Gasteiger partial charge on any atom is 0.251 e. The Hall–Kier alpha value is -3.33. The van der Waals surface area contributed by atoms with Crippen LogP contribution in [0.5, 0.6) is 0 Å². The molecule has 1 aliphatic heterocycles. The highest BCUT2D eigenvalue weighted by Gasteiger charge is 2.20. The summed E-state index contributed by atoms with van der Waals surface area (Å²) in [6.45, 7) is 3.90. The standard InChI is InChI=1S/C28H26Cl2N6OS/c29-23-5-7-24(8-6-23)35-13-15-36(16-14-35)26-17-25(30)33-28(34-26)38-19-21-1-3-22(4-2-21)27(37)32-18-20-9-11-31-12-10-20/h1-12,17H,13-16,18-19H2,(H,32,37). The summed E-state index contributed by atoms with van der Waals surface area (Å²) in [7, 11) is 0. The van der Waals surface area contributed by atoms with Gasteiger partial charge >= 0.3 is 0 Å². The number of rotatable bonds is 8. The Morgan fingerprint density at radius 2 is 1.53 bits per heavy atom. The van der Waals surface area contributed by atoms with Gasteiger partial charge in [0.15, 0.2) is 5.16 Å². The molecule has 0 bridgehead atoms. The average Bonchev–Trinajstić information content (AvgIpc) is 2.96. The van der Waals surface area contributed by atoms with Gasteiger partial charge < -0.3 is 15.1 Å². The molecule has 0 atom stereocenters. The molecule has 5 rings (SSSR count). The molecule has 1 aliphatic rings. The van der Waals surface area contributed by atoms with Crippen molar-refractivity contribution >= 4 is 52.4 Å². The summed E-state index contributed by atoms with van der Waals surface area (Å²) in [5, 5.41) is 4.73. The van der Waals surface area contributed by atoms with Gasteiger partial charge in [-0.1, -0.05) is 47.1 Å². The average molecular weight is 566 g/mol. The van der Waals surface area contributed by atoms with E-state index in [0.717, 1.165) is 48.1 Å². The molecule has 194 valence electrons. The van der Waals surface area contributed by atoms with Crippen LogP contribution in [0.2, 0.25) is 10.2 Å². The molecule has 1 amide bonds. The zero-order chi connectivity index (χ0) is 26.3. The van der Waals surface area contributed by atoms with Gasteiger partial charge in [-0.15, -0.1) is 0 Å². The van der Waals surface area contributed by atoms with Crippen LogP contribution < -0.4 is 15.1 Å². The van der Waals surface area contributed by atoms with Crippen LogP contribution in [-0.4, -0.2) is 47.0 Å². The number of anilines is 2. The van der Waals surface area contributed by atoms with Crippen molar-refractivity contribution in [3.63, 3.8) is 0 Å². The molecule has 38 heavy (non-hydrogen) atoms. The van der Waals surface area contributed by atoms with Crippen molar-refractivity contribution in [3.05, 3.63) is 106 Å². The molecule has 10 heteroatoms. The summed E-state index contributed by atoms with van der Waals surface area (Å²) >= 11 is 13.9. The number of hydrogen-bond donors (Lipinski definition) is 1. The molecule has 2 aromatic heterocycles. The van der Waals surface area contributed by atoms with E-state index < -0.39 is 0 Å². The Labute approximate surface area is 236 Å². The van der Waals surface area contributed by atoms with Crippen LogP contribution >= 0.6 is 35.0 Å². The molecule has 0 saturated carbocycles. The van der Waals surface area contributed by atoms with Gasteiger partial charge in [0.25, 0.3) is 5.91 Å². The predicted molar refractivity (Wildman–Crippen MR) is 154 cm³/mol. The number of carbonyl (C=O) groups is 1. The minimum Gasteiger partial charge on any atom is -0.368 e. The van der Waals surface area contributed by atoms with Gasteiger partial charge in [-0.3, -0.25) is 9.78 Å². The number of amides is 1. The third kappa shape index (κ3) is 6.95. The fraction of sp³-hybridized carbons (Fsp3) is 0.214. The summed E-state index contributed by atoms with van der Waals surface area (Å²) in [5.41, 5.74) is 3.86. The lowest BCUT2D eigenvalue weighted by molar-refractivity contribution is 0.0951. The number of nitrogens with one attached hydrogen (secondary N) is 1. The Balaban J connectivity index is 1.14. The number of thioether (sulfide) groups is 1. The fourth-order valence-corrected chi connectivity index (χ4v) is 5.31. The van der Waals surface area contributed by atoms with Crippen molar-refractivity contribution in [2.75, 3.05) is 36.0 Å². The van der Waals surface area contributed by atoms with Gasteiger partial charge in [0.2, 0.25) is 0 Å². The molecule has 0 aliphatic carbocycles. The van der Waals surface area contributed by atoms with Gasteiger partial charge in [0, 0.05) is 73.2 Å². The molecule has 1 saturated heterocycles. The van der Waals surface area contributed by atoms with E-state index in [0.29, 0.717) is 28.2 Å². The molecule has 2 aromatic carbocycles. The van der Waals surface area contributed by atoms with Crippen LogP contribution in [0.1, 0.15) is 21.5 Å². The van der Waals surface area contributed by atoms with Crippen LogP contribution in [0, 0.1) is 0 Å². The monoisotopic (exact) mass is 564 g/mol. The lowest BCUT2D eigenvalue weighted by Gasteiger charge is -2.36. The van der Waals surface area contributed by atoms with Gasteiger partial charge in [-0.05, 0) is 59.7 Å². The maximum absolute atomic E-state index is 12.5. The Morgan fingerprint density at radius 1 is 0.842 bits per heavy atom. The lowest BCUT2D eigenvalue weighted by atomic mass is 10.1. The first-order valence-electron chi connectivity index (χ1n) is 12.2. The van der Waals surface area contributed by atoms with E-state index in [9.17, 15) is 4.79 Å². The number of pyridine rings is 1. The number of carbonyl (C=O) groups excluding carboxylic acids is 1. The van der Waals surface area contributed by atoms with E-state index >= 15 is 0 Å². The number of halogens is 2. The number of hydrogen-bond acceptors (Lipinski definition) is 7. The van der Waals surface area contributed by atoms with Crippen molar-refractivity contribution in [2.24, 2.45) is 0 Å². The van der Waals surface area contributed by atoms with Crippen LogP contribution in [0.25, 0.3) is 0 Å². The number of benzene rings is 2. The first-order chi connectivity index (χ1) is 18.5. The predicted octanol–water partition coefficient (Wildman–Crippen LogP) is 5.73. The minimum absolute atomic E-state index is 0.111. The maximum atomic E-state index is 12.5. The third-order valence-electron chi connectivity index (χ3n) is 6.24. The third-order valence-corrected chi connectivity index (χ3v) is 7.61. The highest BCUT2D eigenvalue weighted by atomic mass is 35.5. The zero-order valence-corrected chi connectivity index (χ0v) is 22.9.